The molecule has 0 aromatic rings. The van der Waals surface area contributed by atoms with Gasteiger partial charge in [0, 0.05) is 0 Å². The van der Waals surface area contributed by atoms with Crippen LogP contribution < -0.4 is 0 Å². The van der Waals surface area contributed by atoms with Crippen molar-refractivity contribution in [1.29, 1.82) is 0 Å². The first-order chi connectivity index (χ1) is 3.48. The Morgan fingerprint density at radius 1 is 1.62 bits per heavy atom. The van der Waals surface area contributed by atoms with Gasteiger partial charge in [-0.2, -0.15) is 0 Å². The highest BCUT2D eigenvalue weighted by Crippen LogP contribution is 2.57. The Hall–Kier alpha value is 0.280. The molecule has 0 radical (unpaired) electrons. The van der Waals surface area contributed by atoms with Gasteiger partial charge in [-0.05, 0) is 22.5 Å². The zero-order chi connectivity index (χ0) is 6.78. The van der Waals surface area contributed by atoms with Crippen molar-refractivity contribution in [1.82, 2.24) is 0 Å². The van der Waals surface area contributed by atoms with Gasteiger partial charge >= 0.3 is 11.6 Å². The summed E-state index contributed by atoms with van der Waals surface area (Å²) in [5, 5.41) is 0. The molecule has 0 amide bonds. The Labute approximate surface area is 55.9 Å². The summed E-state index contributed by atoms with van der Waals surface area (Å²) in [4.78, 5) is 10.1. The van der Waals surface area contributed by atoms with Crippen molar-refractivity contribution in [2.75, 3.05) is 7.11 Å². The van der Waals surface area contributed by atoms with E-state index in [1.54, 1.807) is 0 Å². The molecule has 0 aromatic carbocycles. The van der Waals surface area contributed by atoms with Gasteiger partial charge in [0.05, 0.1) is 7.11 Å². The quantitative estimate of drug-likeness (QED) is 0.577. The molecule has 6 heteroatoms. The van der Waals surface area contributed by atoms with Crippen molar-refractivity contribution in [2.45, 2.75) is 0 Å². The van der Waals surface area contributed by atoms with E-state index in [0.29, 0.717) is 0 Å². The van der Waals surface area contributed by atoms with Crippen LogP contribution in [0.5, 0.6) is 0 Å². The molecular formula is C2H3Cl2O3P. The molecule has 0 N–H and O–H groups in total. The molecule has 3 nitrogen and oxygen atoms in total. The first kappa shape index (κ1) is 8.28. The molecule has 8 heavy (non-hydrogen) atoms. The third kappa shape index (κ3) is 2.55. The molecule has 0 fully saturated rings. The van der Waals surface area contributed by atoms with Crippen molar-refractivity contribution >= 4 is 34.0 Å². The molecule has 0 aliphatic rings. The van der Waals surface area contributed by atoms with E-state index in [0.717, 1.165) is 7.11 Å². The number of carbonyl (C=O) groups excluding carboxylic acids is 1. The predicted molar refractivity (Wildman–Crippen MR) is 31.7 cm³/mol. The Morgan fingerprint density at radius 2 is 2.00 bits per heavy atom. The van der Waals surface area contributed by atoms with Crippen molar-refractivity contribution in [2.24, 2.45) is 0 Å². The number of rotatable bonds is 1. The van der Waals surface area contributed by atoms with Crippen LogP contribution >= 0.6 is 28.3 Å². The fourth-order valence-corrected chi connectivity index (χ4v) is 0.733. The lowest BCUT2D eigenvalue weighted by Gasteiger charge is -1.95. The Bertz CT molecular complexity index is 138. The van der Waals surface area contributed by atoms with Crippen LogP contribution in [0.3, 0.4) is 0 Å². The van der Waals surface area contributed by atoms with E-state index >= 15 is 0 Å². The number of hydrogen-bond acceptors (Lipinski definition) is 3. The Morgan fingerprint density at radius 3 is 2.00 bits per heavy atom. The van der Waals surface area contributed by atoms with Crippen LogP contribution in [0.25, 0.3) is 0 Å². The molecule has 0 saturated heterocycles. The lowest BCUT2D eigenvalue weighted by molar-refractivity contribution is 0.198. The van der Waals surface area contributed by atoms with Crippen LogP contribution in [-0.4, -0.2) is 12.8 Å². The average Bonchev–Trinajstić information content (AvgIpc) is 1.62. The minimum absolute atomic E-state index is 1.06. The third-order valence-corrected chi connectivity index (χ3v) is 1.82. The van der Waals surface area contributed by atoms with E-state index in [2.05, 4.69) is 4.74 Å². The molecule has 48 valence electrons. The molecule has 0 aliphatic carbocycles. The first-order valence-corrected chi connectivity index (χ1v) is 5.08. The highest BCUT2D eigenvalue weighted by atomic mass is 35.9. The number of halogens is 2. The van der Waals surface area contributed by atoms with Gasteiger partial charge in [0.1, 0.15) is 0 Å². The predicted octanol–water partition coefficient (Wildman–Crippen LogP) is 2.42. The smallest absolute Gasteiger partial charge is 0.394 e. The fourth-order valence-electron chi connectivity index (χ4n) is 0.106. The summed E-state index contributed by atoms with van der Waals surface area (Å²) in [5.41, 5.74) is -1.08. The van der Waals surface area contributed by atoms with Gasteiger partial charge in [-0.3, -0.25) is 4.57 Å². The monoisotopic (exact) mass is 176 g/mol. The second-order valence-corrected chi connectivity index (χ2v) is 5.60. The summed E-state index contributed by atoms with van der Waals surface area (Å²) >= 11 is 9.66. The fraction of sp³-hybridized carbons (Fsp3) is 0.500. The highest BCUT2D eigenvalue weighted by Gasteiger charge is 2.26. The molecule has 0 spiro atoms. The SMILES string of the molecule is COC(=O)P(=O)(Cl)Cl. The van der Waals surface area contributed by atoms with Crippen molar-refractivity contribution in [3.8, 4) is 0 Å². The largest absolute Gasteiger partial charge is 0.462 e. The van der Waals surface area contributed by atoms with Gasteiger partial charge in [-0.15, -0.1) is 0 Å². The summed E-state index contributed by atoms with van der Waals surface area (Å²) in [6.07, 6.45) is 0. The van der Waals surface area contributed by atoms with Crippen molar-refractivity contribution in [3.05, 3.63) is 0 Å². The number of carbonyl (C=O) groups is 1. The maximum Gasteiger partial charge on any atom is 0.394 e. The Kier molecular flexibility index (Phi) is 2.81. The molecule has 0 saturated carbocycles. The lowest BCUT2D eigenvalue weighted by Crippen LogP contribution is -1.89. The molecule has 0 unspecified atom stereocenters. The number of methoxy groups -OCH3 is 1. The molecule has 0 bridgehead atoms. The zero-order valence-electron chi connectivity index (χ0n) is 3.93. The third-order valence-electron chi connectivity index (χ3n) is 0.387. The van der Waals surface area contributed by atoms with E-state index in [4.69, 9.17) is 22.5 Å². The summed E-state index contributed by atoms with van der Waals surface area (Å²) in [6, 6.07) is 0. The Balaban J connectivity index is 4.04. The second kappa shape index (κ2) is 2.72. The topological polar surface area (TPSA) is 43.4 Å². The maximum absolute atomic E-state index is 10.2. The standard InChI is InChI=1S/C2H3Cl2O3P/c1-7-2(5)8(3,4)6/h1H3. The minimum atomic E-state index is -3.67. The molecule has 0 rings (SSSR count). The molecular weight excluding hydrogens is 174 g/mol. The molecule has 0 atom stereocenters. The van der Waals surface area contributed by atoms with Gasteiger partial charge in [0.15, 0.2) is 0 Å². The lowest BCUT2D eigenvalue weighted by atomic mass is 11.5. The van der Waals surface area contributed by atoms with Crippen molar-refractivity contribution < 1.29 is 14.1 Å². The van der Waals surface area contributed by atoms with E-state index in [-0.39, 0.29) is 0 Å². The molecule has 0 aromatic heterocycles. The number of hydrogen-bond donors (Lipinski definition) is 0. The van der Waals surface area contributed by atoms with Gasteiger partial charge in [0.25, 0.3) is 0 Å². The van der Waals surface area contributed by atoms with Gasteiger partial charge in [-0.25, -0.2) is 4.79 Å². The van der Waals surface area contributed by atoms with E-state index in [1.807, 2.05) is 0 Å². The summed E-state index contributed by atoms with van der Waals surface area (Å²) in [7, 11) is 1.06. The molecule has 0 heterocycles. The van der Waals surface area contributed by atoms with Gasteiger partial charge in [-0.1, -0.05) is 0 Å². The van der Waals surface area contributed by atoms with E-state index < -0.39 is 11.6 Å². The van der Waals surface area contributed by atoms with Crippen molar-refractivity contribution in [3.63, 3.8) is 0 Å². The van der Waals surface area contributed by atoms with Crippen LogP contribution in [0.1, 0.15) is 0 Å². The van der Waals surface area contributed by atoms with Crippen LogP contribution in [0.4, 0.5) is 4.79 Å². The van der Waals surface area contributed by atoms with E-state index in [1.165, 1.54) is 0 Å². The zero-order valence-corrected chi connectivity index (χ0v) is 6.33. The van der Waals surface area contributed by atoms with Crippen LogP contribution in [0.15, 0.2) is 0 Å². The first-order valence-electron chi connectivity index (χ1n) is 1.56. The normalized spacial score (nSPS) is 10.9. The van der Waals surface area contributed by atoms with Crippen LogP contribution in [-0.2, 0) is 9.30 Å². The minimum Gasteiger partial charge on any atom is -0.462 e. The van der Waals surface area contributed by atoms with Gasteiger partial charge in [0.2, 0.25) is 0 Å². The average molecular weight is 177 g/mol. The highest BCUT2D eigenvalue weighted by molar-refractivity contribution is 8.18. The van der Waals surface area contributed by atoms with Crippen LogP contribution in [0.2, 0.25) is 0 Å². The summed E-state index contributed by atoms with van der Waals surface area (Å²) in [6.45, 7) is 0. The summed E-state index contributed by atoms with van der Waals surface area (Å²) in [5.74, 6) is -3.67. The summed E-state index contributed by atoms with van der Waals surface area (Å²) < 4.78 is 14.2. The maximum atomic E-state index is 10.2. The number of ether oxygens (including phenoxy) is 1. The van der Waals surface area contributed by atoms with Gasteiger partial charge < -0.3 is 4.74 Å². The van der Waals surface area contributed by atoms with E-state index in [9.17, 15) is 9.36 Å². The second-order valence-electron chi connectivity index (χ2n) is 0.932. The van der Waals surface area contributed by atoms with Crippen LogP contribution in [0, 0.1) is 0 Å². The molecule has 0 aliphatic heterocycles.